The molecule has 4 heteroatoms. The molecule has 11 heavy (non-hydrogen) atoms. The summed E-state index contributed by atoms with van der Waals surface area (Å²) in [5.74, 6) is 0.707. The van der Waals surface area contributed by atoms with E-state index in [9.17, 15) is 0 Å². The molecule has 0 nitrogen and oxygen atoms in total. The van der Waals surface area contributed by atoms with Crippen LogP contribution >= 0.6 is 33.2 Å². The third-order valence-corrected chi connectivity index (χ3v) is 7.98. The lowest BCUT2D eigenvalue weighted by Gasteiger charge is -2.28. The van der Waals surface area contributed by atoms with Crippen molar-refractivity contribution in [1.29, 1.82) is 0 Å². The Hall–Kier alpha value is 0.827. The van der Waals surface area contributed by atoms with Gasteiger partial charge in [-0.25, -0.2) is 0 Å². The minimum atomic E-state index is -2.50. The van der Waals surface area contributed by atoms with Gasteiger partial charge in [0.1, 0.15) is 0 Å². The van der Waals surface area contributed by atoms with Crippen LogP contribution in [-0.2, 0) is 0 Å². The number of rotatable bonds is 1. The highest BCUT2D eigenvalue weighted by atomic mass is 35.8. The van der Waals surface area contributed by atoms with Crippen molar-refractivity contribution in [3.05, 3.63) is 12.2 Å². The molecule has 0 saturated heterocycles. The molecule has 2 unspecified atom stereocenters. The predicted molar refractivity (Wildman–Crippen MR) is 52.5 cm³/mol. The molecule has 2 atom stereocenters. The summed E-state index contributed by atoms with van der Waals surface area (Å²) in [5, 5.41) is 0.00231. The molecule has 1 saturated carbocycles. The molecule has 2 aliphatic carbocycles. The summed E-state index contributed by atoms with van der Waals surface area (Å²) in [6.07, 6.45) is 7.78. The second-order valence-electron chi connectivity index (χ2n) is 3.52. The monoisotopic (exact) mass is 226 g/mol. The van der Waals surface area contributed by atoms with Gasteiger partial charge in [0.05, 0.1) is 0 Å². The Bertz CT molecular complexity index is 208. The highest BCUT2D eigenvalue weighted by Gasteiger charge is 2.55. The van der Waals surface area contributed by atoms with Crippen molar-refractivity contribution >= 4 is 39.2 Å². The van der Waals surface area contributed by atoms with Crippen molar-refractivity contribution in [2.24, 2.45) is 5.92 Å². The second-order valence-corrected chi connectivity index (χ2v) is 12.4. The predicted octanol–water partition coefficient (Wildman–Crippen LogP) is 3.75. The Labute approximate surface area is 81.6 Å². The third-order valence-electron chi connectivity index (χ3n) is 2.84. The van der Waals surface area contributed by atoms with Crippen molar-refractivity contribution in [3.8, 4) is 0 Å². The molecule has 0 radical (unpaired) electrons. The lowest BCUT2D eigenvalue weighted by Crippen LogP contribution is -2.28. The molecule has 0 heterocycles. The molecule has 0 amide bonds. The first-order valence-electron chi connectivity index (χ1n) is 3.80. The van der Waals surface area contributed by atoms with E-state index in [1.807, 2.05) is 0 Å². The molecule has 62 valence electrons. The van der Waals surface area contributed by atoms with Gasteiger partial charge in [0, 0.05) is 5.04 Å². The number of hydrogen-bond donors (Lipinski definition) is 0. The first-order valence-corrected chi connectivity index (χ1v) is 8.83. The van der Waals surface area contributed by atoms with Gasteiger partial charge in [-0.3, -0.25) is 0 Å². The molecule has 0 aromatic carbocycles. The minimum Gasteiger partial charge on any atom is -0.125 e. The molecular weight excluding hydrogens is 219 g/mol. The van der Waals surface area contributed by atoms with Gasteiger partial charge in [-0.15, -0.1) is 33.2 Å². The van der Waals surface area contributed by atoms with Gasteiger partial charge in [0.2, 0.25) is 0 Å². The lowest BCUT2D eigenvalue weighted by atomic mass is 10.1. The molecule has 2 bridgehead atoms. The third kappa shape index (κ3) is 1.17. The summed E-state index contributed by atoms with van der Waals surface area (Å²) in [5.41, 5.74) is 0. The van der Waals surface area contributed by atoms with E-state index in [1.165, 1.54) is 6.42 Å². The van der Waals surface area contributed by atoms with E-state index in [1.54, 1.807) is 0 Å². The van der Waals surface area contributed by atoms with Crippen molar-refractivity contribution in [3.63, 3.8) is 0 Å². The minimum absolute atomic E-state index is 0.00231. The molecule has 2 rings (SSSR count). The molecule has 0 aromatic heterocycles. The first-order chi connectivity index (χ1) is 5.04. The smallest absolute Gasteiger partial charge is 0.125 e. The van der Waals surface area contributed by atoms with Gasteiger partial charge >= 0.3 is 6.00 Å². The Morgan fingerprint density at radius 3 is 2.27 bits per heavy atom. The van der Waals surface area contributed by atoms with Crippen LogP contribution in [0.25, 0.3) is 0 Å². The lowest BCUT2D eigenvalue weighted by molar-refractivity contribution is 0.697. The van der Waals surface area contributed by atoms with E-state index in [0.717, 1.165) is 12.8 Å². The molecule has 2 aliphatic rings. The van der Waals surface area contributed by atoms with Crippen LogP contribution in [0.1, 0.15) is 19.3 Å². The number of fused-ring (bicyclic) bond motifs is 2. The van der Waals surface area contributed by atoms with Gasteiger partial charge in [-0.05, 0) is 25.2 Å². The largest absolute Gasteiger partial charge is 0.350 e. The van der Waals surface area contributed by atoms with Crippen molar-refractivity contribution in [2.75, 3.05) is 0 Å². The van der Waals surface area contributed by atoms with Crippen LogP contribution in [0.5, 0.6) is 0 Å². The van der Waals surface area contributed by atoms with E-state index < -0.39 is 6.00 Å². The Balaban J connectivity index is 2.31. The maximum Gasteiger partial charge on any atom is 0.350 e. The summed E-state index contributed by atoms with van der Waals surface area (Å²) in [7, 11) is 0. The van der Waals surface area contributed by atoms with Crippen molar-refractivity contribution in [2.45, 2.75) is 24.3 Å². The van der Waals surface area contributed by atoms with Crippen LogP contribution in [0.15, 0.2) is 12.2 Å². The van der Waals surface area contributed by atoms with Crippen molar-refractivity contribution < 1.29 is 0 Å². The maximum atomic E-state index is 6.04. The van der Waals surface area contributed by atoms with Crippen LogP contribution in [0.4, 0.5) is 0 Å². The topological polar surface area (TPSA) is 0 Å². The highest BCUT2D eigenvalue weighted by Crippen LogP contribution is 2.63. The molecule has 0 N–H and O–H groups in total. The van der Waals surface area contributed by atoms with Gasteiger partial charge < -0.3 is 0 Å². The molecule has 0 aliphatic heterocycles. The molecule has 1 fully saturated rings. The zero-order valence-electron chi connectivity index (χ0n) is 5.99. The standard InChI is InChI=1S/C7H9Cl3Si/c8-11(9,10)7-3-1-6(5-7)2-4-7/h1,3,6H,2,4-5H2. The summed E-state index contributed by atoms with van der Waals surface area (Å²) in [4.78, 5) is 0. The summed E-state index contributed by atoms with van der Waals surface area (Å²) in [6.45, 7) is 0. The summed E-state index contributed by atoms with van der Waals surface area (Å²) < 4.78 is 0. The SMILES string of the molecule is Cl[Si](Cl)(Cl)C12C=CC(CC1)C2. The average molecular weight is 228 g/mol. The quantitative estimate of drug-likeness (QED) is 0.364. The molecule has 0 spiro atoms. The number of halogens is 3. The first kappa shape index (κ1) is 8.43. The van der Waals surface area contributed by atoms with Gasteiger partial charge in [-0.1, -0.05) is 12.2 Å². The number of hydrogen-bond acceptors (Lipinski definition) is 0. The van der Waals surface area contributed by atoms with E-state index >= 15 is 0 Å². The van der Waals surface area contributed by atoms with E-state index in [-0.39, 0.29) is 5.04 Å². The average Bonchev–Trinajstić information content (AvgIpc) is 2.42. The van der Waals surface area contributed by atoms with Crippen molar-refractivity contribution in [1.82, 2.24) is 0 Å². The zero-order valence-corrected chi connectivity index (χ0v) is 9.26. The Morgan fingerprint density at radius 1 is 1.36 bits per heavy atom. The highest BCUT2D eigenvalue weighted by molar-refractivity contribution is 7.66. The van der Waals surface area contributed by atoms with Crippen LogP contribution in [0.2, 0.25) is 5.04 Å². The molecular formula is C7H9Cl3Si. The van der Waals surface area contributed by atoms with E-state index in [0.29, 0.717) is 5.92 Å². The van der Waals surface area contributed by atoms with Crippen LogP contribution < -0.4 is 0 Å². The fraction of sp³-hybridized carbons (Fsp3) is 0.714. The Morgan fingerprint density at radius 2 is 2.09 bits per heavy atom. The normalized spacial score (nSPS) is 41.9. The van der Waals surface area contributed by atoms with Crippen LogP contribution in [0.3, 0.4) is 0 Å². The van der Waals surface area contributed by atoms with Gasteiger partial charge in [0.25, 0.3) is 0 Å². The summed E-state index contributed by atoms with van der Waals surface area (Å²) >= 11 is 18.1. The fourth-order valence-corrected chi connectivity index (χ4v) is 5.42. The van der Waals surface area contributed by atoms with Gasteiger partial charge in [-0.2, -0.15) is 0 Å². The molecule has 0 aromatic rings. The number of allylic oxidation sites excluding steroid dienone is 2. The van der Waals surface area contributed by atoms with E-state index in [4.69, 9.17) is 33.2 Å². The van der Waals surface area contributed by atoms with Crippen LogP contribution in [0, 0.1) is 5.92 Å². The maximum absolute atomic E-state index is 6.04. The van der Waals surface area contributed by atoms with E-state index in [2.05, 4.69) is 12.2 Å². The second kappa shape index (κ2) is 2.41. The van der Waals surface area contributed by atoms with Gasteiger partial charge in [0.15, 0.2) is 0 Å². The zero-order chi connectivity index (χ0) is 8.11. The summed E-state index contributed by atoms with van der Waals surface area (Å²) in [6, 6.07) is -2.50. The fourth-order valence-electron chi connectivity index (χ4n) is 2.10. The van der Waals surface area contributed by atoms with Crippen LogP contribution in [-0.4, -0.2) is 6.00 Å². The Kier molecular flexibility index (Phi) is 1.85.